The van der Waals surface area contributed by atoms with Crippen LogP contribution in [0.1, 0.15) is 34.9 Å². The molecule has 0 spiro atoms. The van der Waals surface area contributed by atoms with E-state index in [2.05, 4.69) is 49.4 Å². The highest BCUT2D eigenvalue weighted by Crippen LogP contribution is 2.39. The summed E-state index contributed by atoms with van der Waals surface area (Å²) in [6, 6.07) is 17.0. The highest BCUT2D eigenvalue weighted by Gasteiger charge is 2.26. The van der Waals surface area contributed by atoms with Crippen LogP contribution in [0.5, 0.6) is 5.75 Å². The molecule has 3 rings (SSSR count). The minimum atomic E-state index is 0.398. The number of nitrogens with two attached hydrogens (primary N) is 1. The SMILES string of the molecule is Cc1cccc(C(CN)CC2COc3ccccc32)c1. The zero-order chi connectivity index (χ0) is 13.9. The molecule has 1 heterocycles. The maximum Gasteiger partial charge on any atom is 0.122 e. The highest BCUT2D eigenvalue weighted by atomic mass is 16.5. The molecule has 0 bridgehead atoms. The number of rotatable bonds is 4. The molecule has 2 aromatic rings. The van der Waals surface area contributed by atoms with Crippen molar-refractivity contribution in [3.05, 3.63) is 65.2 Å². The molecule has 0 radical (unpaired) electrons. The molecule has 0 aromatic heterocycles. The third kappa shape index (κ3) is 2.56. The van der Waals surface area contributed by atoms with Gasteiger partial charge in [0.25, 0.3) is 0 Å². The van der Waals surface area contributed by atoms with Crippen LogP contribution in [0.3, 0.4) is 0 Å². The smallest absolute Gasteiger partial charge is 0.122 e. The Morgan fingerprint density at radius 1 is 1.20 bits per heavy atom. The molecule has 1 aliphatic heterocycles. The van der Waals surface area contributed by atoms with Crippen molar-refractivity contribution >= 4 is 0 Å². The molecule has 0 saturated carbocycles. The van der Waals surface area contributed by atoms with Crippen LogP contribution in [-0.4, -0.2) is 13.2 Å². The number of aryl methyl sites for hydroxylation is 1. The second-order valence-electron chi connectivity index (χ2n) is 5.63. The number of hydrogen-bond acceptors (Lipinski definition) is 2. The first-order chi connectivity index (χ1) is 9.78. The van der Waals surface area contributed by atoms with Crippen LogP contribution in [0.2, 0.25) is 0 Å². The molecule has 20 heavy (non-hydrogen) atoms. The fourth-order valence-corrected chi connectivity index (χ4v) is 3.06. The Hall–Kier alpha value is -1.80. The predicted octanol–water partition coefficient (Wildman–Crippen LogP) is 3.60. The second kappa shape index (κ2) is 5.68. The molecule has 104 valence electrons. The number of para-hydroxylation sites is 1. The van der Waals surface area contributed by atoms with Crippen molar-refractivity contribution in [1.82, 2.24) is 0 Å². The minimum absolute atomic E-state index is 0.398. The van der Waals surface area contributed by atoms with Crippen molar-refractivity contribution in [2.75, 3.05) is 13.2 Å². The van der Waals surface area contributed by atoms with Crippen molar-refractivity contribution in [3.63, 3.8) is 0 Å². The van der Waals surface area contributed by atoms with Gasteiger partial charge in [-0.1, -0.05) is 48.0 Å². The molecule has 0 fully saturated rings. The van der Waals surface area contributed by atoms with Crippen molar-refractivity contribution in [2.45, 2.75) is 25.2 Å². The third-order valence-corrected chi connectivity index (χ3v) is 4.17. The number of fused-ring (bicyclic) bond motifs is 1. The van der Waals surface area contributed by atoms with Gasteiger partial charge in [0.15, 0.2) is 0 Å². The number of hydrogen-bond donors (Lipinski definition) is 1. The largest absolute Gasteiger partial charge is 0.493 e. The average Bonchev–Trinajstić information content (AvgIpc) is 2.88. The monoisotopic (exact) mass is 267 g/mol. The van der Waals surface area contributed by atoms with E-state index < -0.39 is 0 Å². The van der Waals surface area contributed by atoms with Gasteiger partial charge in [0.1, 0.15) is 5.75 Å². The van der Waals surface area contributed by atoms with Crippen LogP contribution in [0, 0.1) is 6.92 Å². The van der Waals surface area contributed by atoms with Crippen LogP contribution < -0.4 is 10.5 Å². The van der Waals surface area contributed by atoms with Crippen LogP contribution in [-0.2, 0) is 0 Å². The molecule has 2 N–H and O–H groups in total. The first-order valence-corrected chi connectivity index (χ1v) is 7.26. The Morgan fingerprint density at radius 3 is 2.85 bits per heavy atom. The second-order valence-corrected chi connectivity index (χ2v) is 5.63. The van der Waals surface area contributed by atoms with E-state index in [1.54, 1.807) is 0 Å². The standard InChI is InChI=1S/C18H21NO/c1-13-5-4-6-14(9-13)15(11-19)10-16-12-20-18-8-3-2-7-17(16)18/h2-9,15-16H,10-12,19H2,1H3. The van der Waals surface area contributed by atoms with Gasteiger partial charge in [-0.05, 0) is 37.4 Å². The summed E-state index contributed by atoms with van der Waals surface area (Å²) in [4.78, 5) is 0. The lowest BCUT2D eigenvalue weighted by Gasteiger charge is -2.19. The molecule has 1 aliphatic rings. The van der Waals surface area contributed by atoms with Crippen LogP contribution >= 0.6 is 0 Å². The van der Waals surface area contributed by atoms with Gasteiger partial charge >= 0.3 is 0 Å². The van der Waals surface area contributed by atoms with Crippen LogP contribution in [0.25, 0.3) is 0 Å². The summed E-state index contributed by atoms with van der Waals surface area (Å²) >= 11 is 0. The number of ether oxygens (including phenoxy) is 1. The van der Waals surface area contributed by atoms with Crippen molar-refractivity contribution in [2.24, 2.45) is 5.73 Å². The fraction of sp³-hybridized carbons (Fsp3) is 0.333. The maximum atomic E-state index is 6.01. The molecule has 0 aliphatic carbocycles. The van der Waals surface area contributed by atoms with Gasteiger partial charge in [-0.25, -0.2) is 0 Å². The summed E-state index contributed by atoms with van der Waals surface area (Å²) in [6.07, 6.45) is 1.05. The van der Waals surface area contributed by atoms with E-state index in [0.29, 0.717) is 18.4 Å². The first kappa shape index (κ1) is 13.2. The zero-order valence-corrected chi connectivity index (χ0v) is 11.9. The number of benzene rings is 2. The maximum absolute atomic E-state index is 6.01. The molecule has 0 saturated heterocycles. The van der Waals surface area contributed by atoms with Gasteiger partial charge in [0.05, 0.1) is 6.61 Å². The average molecular weight is 267 g/mol. The van der Waals surface area contributed by atoms with E-state index >= 15 is 0 Å². The summed E-state index contributed by atoms with van der Waals surface area (Å²) in [7, 11) is 0. The Labute approximate surface area is 120 Å². The van der Waals surface area contributed by atoms with Crippen molar-refractivity contribution in [3.8, 4) is 5.75 Å². The fourth-order valence-electron chi connectivity index (χ4n) is 3.06. The summed E-state index contributed by atoms with van der Waals surface area (Å²) in [6.45, 7) is 3.59. The summed E-state index contributed by atoms with van der Waals surface area (Å²) in [5, 5.41) is 0. The van der Waals surface area contributed by atoms with E-state index in [-0.39, 0.29) is 0 Å². The molecule has 0 amide bonds. The van der Waals surface area contributed by atoms with Crippen LogP contribution in [0.4, 0.5) is 0 Å². The normalized spacial score (nSPS) is 18.4. The van der Waals surface area contributed by atoms with E-state index in [4.69, 9.17) is 10.5 Å². The molecule has 2 unspecified atom stereocenters. The first-order valence-electron chi connectivity index (χ1n) is 7.26. The van der Waals surface area contributed by atoms with Gasteiger partial charge in [0, 0.05) is 11.5 Å². The Balaban J connectivity index is 1.80. The Morgan fingerprint density at radius 2 is 2.05 bits per heavy atom. The predicted molar refractivity (Wildman–Crippen MR) is 82.3 cm³/mol. The van der Waals surface area contributed by atoms with Crippen molar-refractivity contribution in [1.29, 1.82) is 0 Å². The molecular formula is C18H21NO. The van der Waals surface area contributed by atoms with Gasteiger partial charge < -0.3 is 10.5 Å². The van der Waals surface area contributed by atoms with E-state index in [9.17, 15) is 0 Å². The third-order valence-electron chi connectivity index (χ3n) is 4.17. The summed E-state index contributed by atoms with van der Waals surface area (Å²) in [5.74, 6) is 1.90. The Bertz CT molecular complexity index is 593. The van der Waals surface area contributed by atoms with Gasteiger partial charge in [-0.3, -0.25) is 0 Å². The highest BCUT2D eigenvalue weighted by molar-refractivity contribution is 5.40. The topological polar surface area (TPSA) is 35.2 Å². The summed E-state index contributed by atoms with van der Waals surface area (Å²) in [5.41, 5.74) is 9.98. The summed E-state index contributed by atoms with van der Waals surface area (Å²) < 4.78 is 5.78. The Kier molecular flexibility index (Phi) is 3.75. The quantitative estimate of drug-likeness (QED) is 0.918. The van der Waals surface area contributed by atoms with E-state index in [0.717, 1.165) is 18.8 Å². The van der Waals surface area contributed by atoms with Crippen LogP contribution in [0.15, 0.2) is 48.5 Å². The van der Waals surface area contributed by atoms with E-state index in [1.807, 2.05) is 6.07 Å². The molecule has 2 atom stereocenters. The molecule has 2 nitrogen and oxygen atoms in total. The van der Waals surface area contributed by atoms with E-state index in [1.165, 1.54) is 16.7 Å². The lowest BCUT2D eigenvalue weighted by molar-refractivity contribution is 0.319. The molecule has 2 aromatic carbocycles. The van der Waals surface area contributed by atoms with Crippen molar-refractivity contribution < 1.29 is 4.74 Å². The minimum Gasteiger partial charge on any atom is -0.493 e. The van der Waals surface area contributed by atoms with Gasteiger partial charge in [0.2, 0.25) is 0 Å². The molecular weight excluding hydrogens is 246 g/mol. The van der Waals surface area contributed by atoms with Gasteiger partial charge in [-0.2, -0.15) is 0 Å². The lowest BCUT2D eigenvalue weighted by atomic mass is 9.86. The van der Waals surface area contributed by atoms with Gasteiger partial charge in [-0.15, -0.1) is 0 Å². The molecule has 2 heteroatoms. The zero-order valence-electron chi connectivity index (χ0n) is 11.9. The lowest BCUT2D eigenvalue weighted by Crippen LogP contribution is -2.16.